The molecule has 0 amide bonds. The van der Waals surface area contributed by atoms with Crippen molar-refractivity contribution >= 4 is 0 Å². The van der Waals surface area contributed by atoms with Crippen molar-refractivity contribution in [2.24, 2.45) is 5.73 Å². The van der Waals surface area contributed by atoms with Gasteiger partial charge in [-0.15, -0.1) is 0 Å². The van der Waals surface area contributed by atoms with Gasteiger partial charge in [-0.1, -0.05) is 5.16 Å². The molecule has 2 rings (SSSR count). The minimum Gasteiger partial charge on any atom is -0.497 e. The lowest BCUT2D eigenvalue weighted by atomic mass is 10.2. The summed E-state index contributed by atoms with van der Waals surface area (Å²) >= 11 is 0. The molecule has 19 heavy (non-hydrogen) atoms. The quantitative estimate of drug-likeness (QED) is 0.821. The lowest BCUT2D eigenvalue weighted by Crippen LogP contribution is -2.14. The summed E-state index contributed by atoms with van der Waals surface area (Å²) in [6.07, 6.45) is 0. The Bertz CT molecular complexity index is 533. The zero-order valence-corrected chi connectivity index (χ0v) is 10.7. The van der Waals surface area contributed by atoms with Gasteiger partial charge in [-0.3, -0.25) is 0 Å². The summed E-state index contributed by atoms with van der Waals surface area (Å²) in [5.41, 5.74) is 6.28. The average Bonchev–Trinajstić information content (AvgIpc) is 2.95. The Hall–Kier alpha value is -2.12. The molecule has 0 radical (unpaired) electrons. The number of methoxy groups -OCH3 is 2. The summed E-state index contributed by atoms with van der Waals surface area (Å²) in [6.45, 7) is -0.261. The fraction of sp³-hybridized carbons (Fsp3) is 0.333. The van der Waals surface area contributed by atoms with Crippen molar-refractivity contribution in [2.45, 2.75) is 6.04 Å². The minimum atomic E-state index is -0.686. The van der Waals surface area contributed by atoms with Gasteiger partial charge in [0.2, 0.25) is 11.7 Å². The molecule has 3 N–H and O–H groups in total. The van der Waals surface area contributed by atoms with E-state index in [9.17, 15) is 0 Å². The van der Waals surface area contributed by atoms with Gasteiger partial charge >= 0.3 is 0 Å². The molecule has 7 nitrogen and oxygen atoms in total. The summed E-state index contributed by atoms with van der Waals surface area (Å²) in [5.74, 6) is 1.77. The molecule has 0 bridgehead atoms. The molecule has 1 atom stereocenters. The fourth-order valence-electron chi connectivity index (χ4n) is 1.52. The third-order valence-electron chi connectivity index (χ3n) is 2.57. The SMILES string of the molecule is COc1cc(OC)cc(-c2noc([C@@H](N)CO)n2)c1. The van der Waals surface area contributed by atoms with Gasteiger partial charge in [-0.2, -0.15) is 4.98 Å². The summed E-state index contributed by atoms with van der Waals surface area (Å²) in [7, 11) is 3.11. The van der Waals surface area contributed by atoms with Crippen LogP contribution in [0.2, 0.25) is 0 Å². The van der Waals surface area contributed by atoms with Gasteiger partial charge in [0.05, 0.1) is 20.8 Å². The molecule has 102 valence electrons. The van der Waals surface area contributed by atoms with Crippen LogP contribution in [-0.2, 0) is 0 Å². The molecule has 0 aliphatic heterocycles. The molecule has 2 aromatic rings. The molecule has 1 aromatic carbocycles. The third-order valence-corrected chi connectivity index (χ3v) is 2.57. The second-order valence-corrected chi connectivity index (χ2v) is 3.85. The van der Waals surface area contributed by atoms with E-state index < -0.39 is 6.04 Å². The Morgan fingerprint density at radius 3 is 2.42 bits per heavy atom. The van der Waals surface area contributed by atoms with Gasteiger partial charge in [0.15, 0.2) is 0 Å². The normalized spacial score (nSPS) is 12.2. The Morgan fingerprint density at radius 1 is 1.26 bits per heavy atom. The number of ether oxygens (including phenoxy) is 2. The number of aromatic nitrogens is 2. The fourth-order valence-corrected chi connectivity index (χ4v) is 1.52. The lowest BCUT2D eigenvalue weighted by Gasteiger charge is -2.05. The minimum absolute atomic E-state index is 0.180. The first-order valence-electron chi connectivity index (χ1n) is 5.61. The van der Waals surface area contributed by atoms with Gasteiger partial charge in [0.25, 0.3) is 0 Å². The molecular weight excluding hydrogens is 250 g/mol. The second-order valence-electron chi connectivity index (χ2n) is 3.85. The van der Waals surface area contributed by atoms with Crippen molar-refractivity contribution in [1.29, 1.82) is 0 Å². The molecule has 0 aliphatic carbocycles. The Kier molecular flexibility index (Phi) is 3.98. The van der Waals surface area contributed by atoms with Crippen LogP contribution in [0.3, 0.4) is 0 Å². The first-order valence-corrected chi connectivity index (χ1v) is 5.61. The highest BCUT2D eigenvalue weighted by Crippen LogP contribution is 2.28. The zero-order chi connectivity index (χ0) is 13.8. The Labute approximate surface area is 109 Å². The average molecular weight is 265 g/mol. The van der Waals surface area contributed by atoms with Crippen LogP contribution in [0.4, 0.5) is 0 Å². The number of nitrogens with two attached hydrogens (primary N) is 1. The van der Waals surface area contributed by atoms with E-state index in [1.807, 2.05) is 0 Å². The van der Waals surface area contributed by atoms with E-state index in [0.29, 0.717) is 22.9 Å². The number of nitrogens with zero attached hydrogens (tertiary/aromatic N) is 2. The maximum absolute atomic E-state index is 8.94. The number of aliphatic hydroxyl groups is 1. The highest BCUT2D eigenvalue weighted by molar-refractivity contribution is 5.60. The van der Waals surface area contributed by atoms with Crippen LogP contribution < -0.4 is 15.2 Å². The van der Waals surface area contributed by atoms with Gasteiger partial charge in [0, 0.05) is 11.6 Å². The van der Waals surface area contributed by atoms with Crippen molar-refractivity contribution in [3.05, 3.63) is 24.1 Å². The summed E-state index contributed by atoms with van der Waals surface area (Å²) in [5, 5.41) is 12.8. The van der Waals surface area contributed by atoms with Crippen molar-refractivity contribution in [1.82, 2.24) is 10.1 Å². The van der Waals surface area contributed by atoms with E-state index in [4.69, 9.17) is 24.8 Å². The van der Waals surface area contributed by atoms with E-state index in [2.05, 4.69) is 10.1 Å². The van der Waals surface area contributed by atoms with Crippen molar-refractivity contribution in [3.63, 3.8) is 0 Å². The molecular formula is C12H15N3O4. The Balaban J connectivity index is 2.37. The van der Waals surface area contributed by atoms with Gasteiger partial charge in [0.1, 0.15) is 17.5 Å². The van der Waals surface area contributed by atoms with Crippen molar-refractivity contribution in [3.8, 4) is 22.9 Å². The molecule has 1 aromatic heterocycles. The molecule has 0 aliphatic rings. The predicted molar refractivity (Wildman–Crippen MR) is 66.9 cm³/mol. The number of benzene rings is 1. The largest absolute Gasteiger partial charge is 0.497 e. The molecule has 1 heterocycles. The van der Waals surface area contributed by atoms with E-state index in [-0.39, 0.29) is 12.5 Å². The van der Waals surface area contributed by atoms with Crippen LogP contribution >= 0.6 is 0 Å². The predicted octanol–water partition coefficient (Wildman–Crippen LogP) is 0.746. The molecule has 7 heteroatoms. The smallest absolute Gasteiger partial charge is 0.246 e. The molecule has 0 saturated heterocycles. The van der Waals surface area contributed by atoms with Gasteiger partial charge in [-0.05, 0) is 12.1 Å². The number of hydrogen-bond acceptors (Lipinski definition) is 7. The van der Waals surface area contributed by atoms with Gasteiger partial charge < -0.3 is 24.8 Å². The van der Waals surface area contributed by atoms with Crippen molar-refractivity contribution < 1.29 is 19.1 Å². The molecule has 0 saturated carbocycles. The van der Waals surface area contributed by atoms with Crippen LogP contribution in [0.25, 0.3) is 11.4 Å². The van der Waals surface area contributed by atoms with Gasteiger partial charge in [-0.25, -0.2) is 0 Å². The van der Waals surface area contributed by atoms with Crippen LogP contribution in [0.5, 0.6) is 11.5 Å². The zero-order valence-electron chi connectivity index (χ0n) is 10.7. The highest BCUT2D eigenvalue weighted by atomic mass is 16.5. The number of hydrogen-bond donors (Lipinski definition) is 2. The van der Waals surface area contributed by atoms with Crippen LogP contribution in [-0.4, -0.2) is 36.1 Å². The second kappa shape index (κ2) is 5.68. The molecule has 0 fully saturated rings. The first-order chi connectivity index (χ1) is 9.17. The maximum atomic E-state index is 8.94. The number of aliphatic hydroxyl groups excluding tert-OH is 1. The molecule has 0 unspecified atom stereocenters. The lowest BCUT2D eigenvalue weighted by molar-refractivity contribution is 0.237. The molecule has 0 spiro atoms. The standard InChI is InChI=1S/C12H15N3O4/c1-17-8-3-7(4-9(5-8)18-2)11-14-12(19-15-11)10(13)6-16/h3-5,10,16H,6,13H2,1-2H3/t10-/m0/s1. The topological polar surface area (TPSA) is 104 Å². The number of rotatable bonds is 5. The van der Waals surface area contributed by atoms with E-state index in [1.54, 1.807) is 32.4 Å². The summed E-state index contributed by atoms with van der Waals surface area (Å²) in [4.78, 5) is 4.13. The van der Waals surface area contributed by atoms with Crippen LogP contribution in [0, 0.1) is 0 Å². The van der Waals surface area contributed by atoms with E-state index in [0.717, 1.165) is 0 Å². The van der Waals surface area contributed by atoms with E-state index in [1.165, 1.54) is 0 Å². The summed E-state index contributed by atoms with van der Waals surface area (Å²) < 4.78 is 15.3. The monoisotopic (exact) mass is 265 g/mol. The van der Waals surface area contributed by atoms with Crippen molar-refractivity contribution in [2.75, 3.05) is 20.8 Å². The van der Waals surface area contributed by atoms with Crippen LogP contribution in [0.1, 0.15) is 11.9 Å². The highest BCUT2D eigenvalue weighted by Gasteiger charge is 2.15. The Morgan fingerprint density at radius 2 is 1.89 bits per heavy atom. The van der Waals surface area contributed by atoms with Crippen LogP contribution in [0.15, 0.2) is 22.7 Å². The first kappa shape index (κ1) is 13.3. The third kappa shape index (κ3) is 2.83. The maximum Gasteiger partial charge on any atom is 0.246 e. The van der Waals surface area contributed by atoms with E-state index >= 15 is 0 Å². The summed E-state index contributed by atoms with van der Waals surface area (Å²) in [6, 6.07) is 4.56.